The first-order chi connectivity index (χ1) is 17.5. The summed E-state index contributed by atoms with van der Waals surface area (Å²) in [6.07, 6.45) is 5.70. The van der Waals surface area contributed by atoms with Gasteiger partial charge in [-0.05, 0) is 43.1 Å². The third kappa shape index (κ3) is 2.65. The Bertz CT molecular complexity index is 1170. The molecule has 0 radical (unpaired) electrons. The normalized spacial score (nSPS) is 31.3. The molecule has 0 nitrogen and oxygen atoms in total. The molecule has 6 rings (SSSR count). The van der Waals surface area contributed by atoms with Gasteiger partial charge in [0.15, 0.2) is 0 Å². The molecule has 4 atom stereocenters. The molecule has 0 saturated carbocycles. The van der Waals surface area contributed by atoms with Gasteiger partial charge in [0, 0.05) is 14.2 Å². The maximum Gasteiger partial charge on any atom is 0.0580 e. The van der Waals surface area contributed by atoms with Gasteiger partial charge in [-0.1, -0.05) is 168 Å². The van der Waals surface area contributed by atoms with Crippen LogP contribution in [-0.2, 0) is 0 Å². The zero-order valence-corrected chi connectivity index (χ0v) is 31.1. The second-order valence-electron chi connectivity index (χ2n) is 16.6. The Morgan fingerprint density at radius 1 is 0.526 bits per heavy atom. The quantitative estimate of drug-likeness (QED) is 0.251. The summed E-state index contributed by atoms with van der Waals surface area (Å²) in [6, 6.07) is 14.6. The molecule has 0 N–H and O–H groups in total. The van der Waals surface area contributed by atoms with E-state index in [1.165, 1.54) is 10.8 Å². The zero-order chi connectivity index (χ0) is 28.4. The lowest BCUT2D eigenvalue weighted by molar-refractivity contribution is 0.661. The van der Waals surface area contributed by atoms with Crippen LogP contribution in [0, 0.1) is 0 Å². The van der Waals surface area contributed by atoms with Crippen molar-refractivity contribution in [2.45, 2.75) is 140 Å². The van der Waals surface area contributed by atoms with Gasteiger partial charge in [0.05, 0.1) is 14.2 Å². The van der Waals surface area contributed by atoms with E-state index in [1.807, 2.05) is 0 Å². The van der Waals surface area contributed by atoms with Crippen LogP contribution in [0.5, 0.6) is 0 Å². The van der Waals surface area contributed by atoms with E-state index >= 15 is 0 Å². The predicted octanol–water partition coefficient (Wildman–Crippen LogP) is 11.0. The number of hydrogen-bond donors (Lipinski definition) is 0. The van der Waals surface area contributed by atoms with Crippen molar-refractivity contribution in [3.05, 3.63) is 59.7 Å². The highest BCUT2D eigenvalue weighted by Gasteiger charge is 2.98. The number of hydrogen-bond acceptors (Lipinski definition) is 0. The van der Waals surface area contributed by atoms with Crippen LogP contribution in [0.15, 0.2) is 48.6 Å². The number of allylic oxidation sites excluding steroid dienone is 2. The standard InChI is InChI=1S/C34H56Si4/c1-23(2)35(24(3)4)36(25(5)6,26(7)8)38(34(12,13)14)32-20-19-31(37(35,38)33(9,10)11)29-21-27-17-15-16-18-28(27)22-30(29)32/h15-26,31-32H,1-14H3/t31-,32+,37?,38?. The minimum absolute atomic E-state index is 0.421. The molecule has 2 aromatic rings. The molecule has 2 unspecified atom stereocenters. The highest BCUT2D eigenvalue weighted by atomic mass is 30.2. The van der Waals surface area contributed by atoms with Crippen molar-refractivity contribution >= 4 is 39.2 Å². The third-order valence-electron chi connectivity index (χ3n) is 12.7. The third-order valence-corrected chi connectivity index (χ3v) is 113. The SMILES string of the molecule is CC(C)[Si]1(C(C)C)[Si](C(C)C)(C(C)C)[Si]2(C(C)(C)C)[C@H]3C=C[C@H](c4cc5ccccc5cc43)[Si]12C(C)(C)C. The molecule has 3 heterocycles. The van der Waals surface area contributed by atoms with Crippen molar-refractivity contribution in [2.24, 2.45) is 0 Å². The van der Waals surface area contributed by atoms with E-state index < -0.39 is 28.4 Å². The molecule has 0 spiro atoms. The van der Waals surface area contributed by atoms with Gasteiger partial charge in [-0.3, -0.25) is 0 Å². The van der Waals surface area contributed by atoms with E-state index in [-0.39, 0.29) is 0 Å². The van der Waals surface area contributed by atoms with Crippen molar-refractivity contribution < 1.29 is 0 Å². The Labute approximate surface area is 238 Å². The molecule has 2 aromatic carbocycles. The zero-order valence-electron chi connectivity index (χ0n) is 27.1. The first kappa shape index (κ1) is 28.8. The molecule has 3 aliphatic heterocycles. The fraction of sp³-hybridized carbons (Fsp3) is 0.647. The average Bonchev–Trinajstić information content (AvgIpc) is 2.75. The molecule has 0 aromatic heterocycles. The molecule has 0 amide bonds. The fourth-order valence-corrected chi connectivity index (χ4v) is 186. The molecule has 1 saturated heterocycles. The summed E-state index contributed by atoms with van der Waals surface area (Å²) in [4.78, 5) is 0. The van der Waals surface area contributed by atoms with Crippen LogP contribution in [0.2, 0.25) is 32.2 Å². The van der Waals surface area contributed by atoms with Gasteiger partial charge in [0.2, 0.25) is 0 Å². The van der Waals surface area contributed by atoms with Gasteiger partial charge in [0.1, 0.15) is 0 Å². The minimum atomic E-state index is -1.88. The summed E-state index contributed by atoms with van der Waals surface area (Å²) in [7, 11) is -7.23. The van der Waals surface area contributed by atoms with E-state index in [0.29, 0.717) is 21.2 Å². The van der Waals surface area contributed by atoms with E-state index in [0.717, 1.165) is 22.2 Å². The van der Waals surface area contributed by atoms with Gasteiger partial charge in [0.25, 0.3) is 0 Å². The predicted molar refractivity (Wildman–Crippen MR) is 181 cm³/mol. The van der Waals surface area contributed by atoms with E-state index in [2.05, 4.69) is 145 Å². The molecule has 38 heavy (non-hydrogen) atoms. The molecular weight excluding hydrogens is 521 g/mol. The van der Waals surface area contributed by atoms with Gasteiger partial charge in [-0.2, -0.15) is 0 Å². The maximum atomic E-state index is 2.85. The summed E-state index contributed by atoms with van der Waals surface area (Å²) >= 11 is 0. The van der Waals surface area contributed by atoms with E-state index in [1.54, 1.807) is 11.1 Å². The number of rotatable bonds is 4. The lowest BCUT2D eigenvalue weighted by Gasteiger charge is -2.94. The lowest BCUT2D eigenvalue weighted by atomic mass is 9.92. The first-order valence-corrected chi connectivity index (χ1v) is 28.1. The van der Waals surface area contributed by atoms with E-state index in [9.17, 15) is 0 Å². The Morgan fingerprint density at radius 2 is 0.816 bits per heavy atom. The largest absolute Gasteiger partial charge is 0.0840 e. The van der Waals surface area contributed by atoms with Crippen molar-refractivity contribution in [3.8, 4) is 0 Å². The Morgan fingerprint density at radius 3 is 1.05 bits per heavy atom. The molecule has 4 heteroatoms. The Balaban J connectivity index is 2.10. The van der Waals surface area contributed by atoms with Gasteiger partial charge in [-0.15, -0.1) is 0 Å². The number of fused-ring (bicyclic) bond motifs is 1. The molecular formula is C34H56Si4. The summed E-state index contributed by atoms with van der Waals surface area (Å²) in [6.45, 7) is 38.6. The van der Waals surface area contributed by atoms with Crippen molar-refractivity contribution in [2.75, 3.05) is 0 Å². The topological polar surface area (TPSA) is 0 Å². The van der Waals surface area contributed by atoms with Crippen molar-refractivity contribution in [1.29, 1.82) is 0 Å². The second-order valence-corrected chi connectivity index (χ2v) is 57.6. The lowest BCUT2D eigenvalue weighted by Crippen LogP contribution is -3.15. The fourth-order valence-electron chi connectivity index (χ4n) is 13.7. The van der Waals surface area contributed by atoms with Crippen LogP contribution in [0.4, 0.5) is 0 Å². The smallest absolute Gasteiger partial charge is 0.0580 e. The van der Waals surface area contributed by atoms with Crippen LogP contribution in [0.3, 0.4) is 0 Å². The molecule has 2 bridgehead atoms. The maximum absolute atomic E-state index is 2.85. The van der Waals surface area contributed by atoms with Crippen LogP contribution in [0.25, 0.3) is 10.8 Å². The van der Waals surface area contributed by atoms with Crippen LogP contribution in [0.1, 0.15) is 119 Å². The van der Waals surface area contributed by atoms with Crippen LogP contribution in [-0.4, -0.2) is 28.4 Å². The first-order valence-electron chi connectivity index (χ1n) is 15.7. The molecule has 1 fully saturated rings. The average molecular weight is 577 g/mol. The van der Waals surface area contributed by atoms with E-state index in [4.69, 9.17) is 0 Å². The minimum Gasteiger partial charge on any atom is -0.0840 e. The van der Waals surface area contributed by atoms with Crippen LogP contribution < -0.4 is 0 Å². The van der Waals surface area contributed by atoms with Gasteiger partial charge in [-0.25, -0.2) is 0 Å². The highest BCUT2D eigenvalue weighted by Crippen LogP contribution is 2.84. The molecule has 208 valence electrons. The molecule has 1 aliphatic carbocycles. The summed E-state index contributed by atoms with van der Waals surface area (Å²) in [5, 5.41) is 3.77. The number of benzene rings is 2. The van der Waals surface area contributed by atoms with Crippen molar-refractivity contribution in [3.63, 3.8) is 0 Å². The summed E-state index contributed by atoms with van der Waals surface area (Å²) in [5.74, 6) is 0. The second kappa shape index (κ2) is 8.42. The monoisotopic (exact) mass is 576 g/mol. The van der Waals surface area contributed by atoms with Gasteiger partial charge >= 0.3 is 0 Å². The molecule has 4 aliphatic rings. The highest BCUT2D eigenvalue weighted by molar-refractivity contribution is 8.16. The Hall–Kier alpha value is -0.692. The summed E-state index contributed by atoms with van der Waals surface area (Å²) in [5.41, 5.74) is 8.50. The Kier molecular flexibility index (Phi) is 6.39. The van der Waals surface area contributed by atoms with Gasteiger partial charge < -0.3 is 0 Å². The van der Waals surface area contributed by atoms with Crippen LogP contribution >= 0.6 is 0 Å². The summed E-state index contributed by atoms with van der Waals surface area (Å²) < 4.78 is 0. The van der Waals surface area contributed by atoms with Crippen molar-refractivity contribution in [1.82, 2.24) is 0 Å².